The number of nitrogens with one attached hydrogen (secondary N) is 1. The van der Waals surface area contributed by atoms with E-state index in [1.54, 1.807) is 25.1 Å². The van der Waals surface area contributed by atoms with Crippen LogP contribution in [0.3, 0.4) is 0 Å². The number of hydrogen-bond acceptors (Lipinski definition) is 6. The van der Waals surface area contributed by atoms with Crippen LogP contribution in [-0.4, -0.2) is 70.1 Å². The molecule has 0 radical (unpaired) electrons. The molecule has 3 aromatic rings. The van der Waals surface area contributed by atoms with Crippen LogP contribution in [-0.2, 0) is 4.79 Å². The number of methoxy groups -OCH3 is 1. The van der Waals surface area contributed by atoms with Gasteiger partial charge in [0.2, 0.25) is 0 Å². The molecular formula is C31H33ClN4O3S. The number of amides is 2. The second-order valence-corrected chi connectivity index (χ2v) is 11.4. The number of rotatable bonds is 8. The molecule has 0 bridgehead atoms. The molecule has 0 aliphatic carbocycles. The molecule has 0 saturated carbocycles. The quantitative estimate of drug-likeness (QED) is 0.286. The Morgan fingerprint density at radius 2 is 1.82 bits per heavy atom. The highest BCUT2D eigenvalue weighted by molar-refractivity contribution is 8.04. The lowest BCUT2D eigenvalue weighted by Gasteiger charge is -2.36. The first kappa shape index (κ1) is 28.1. The summed E-state index contributed by atoms with van der Waals surface area (Å²) < 4.78 is 5.21. The summed E-state index contributed by atoms with van der Waals surface area (Å²) in [5.41, 5.74) is 3.39. The number of piperazine rings is 1. The van der Waals surface area contributed by atoms with Gasteiger partial charge in [0.1, 0.15) is 5.75 Å². The van der Waals surface area contributed by atoms with E-state index in [1.807, 2.05) is 60.7 Å². The molecule has 208 valence electrons. The van der Waals surface area contributed by atoms with Gasteiger partial charge in [0, 0.05) is 60.9 Å². The Morgan fingerprint density at radius 3 is 2.55 bits per heavy atom. The summed E-state index contributed by atoms with van der Waals surface area (Å²) in [6, 6.07) is 21.1. The maximum Gasteiger partial charge on any atom is 0.264 e. The molecule has 40 heavy (non-hydrogen) atoms. The van der Waals surface area contributed by atoms with Crippen LogP contribution in [0.1, 0.15) is 22.3 Å². The minimum Gasteiger partial charge on any atom is -0.497 e. The van der Waals surface area contributed by atoms with Gasteiger partial charge in [-0.2, -0.15) is 0 Å². The maximum absolute atomic E-state index is 13.1. The molecule has 1 saturated heterocycles. The zero-order valence-electron chi connectivity index (χ0n) is 22.7. The van der Waals surface area contributed by atoms with Crippen LogP contribution in [0.2, 0.25) is 5.02 Å². The summed E-state index contributed by atoms with van der Waals surface area (Å²) in [5, 5.41) is 3.80. The zero-order valence-corrected chi connectivity index (χ0v) is 24.3. The van der Waals surface area contributed by atoms with Crippen molar-refractivity contribution in [1.82, 2.24) is 10.2 Å². The number of thioether (sulfide) groups is 1. The molecule has 1 N–H and O–H groups in total. The summed E-state index contributed by atoms with van der Waals surface area (Å²) >= 11 is 7.56. The first-order valence-electron chi connectivity index (χ1n) is 13.4. The second-order valence-electron chi connectivity index (χ2n) is 9.85. The molecule has 0 atom stereocenters. The predicted molar refractivity (Wildman–Crippen MR) is 164 cm³/mol. The number of anilines is 2. The fourth-order valence-corrected chi connectivity index (χ4v) is 6.17. The minimum atomic E-state index is -0.126. The van der Waals surface area contributed by atoms with Gasteiger partial charge in [-0.05, 0) is 73.1 Å². The molecule has 1 fully saturated rings. The van der Waals surface area contributed by atoms with E-state index >= 15 is 0 Å². The van der Waals surface area contributed by atoms with Gasteiger partial charge < -0.3 is 19.9 Å². The number of likely N-dealkylation sites (N-methyl/N-ethyl adjacent to an activating group) is 1. The molecule has 0 aromatic heterocycles. The molecule has 5 rings (SSSR count). The molecule has 3 aromatic carbocycles. The zero-order chi connectivity index (χ0) is 28.1. The summed E-state index contributed by atoms with van der Waals surface area (Å²) in [4.78, 5) is 33.9. The lowest BCUT2D eigenvalue weighted by Crippen LogP contribution is -2.47. The highest BCUT2D eigenvalue weighted by Crippen LogP contribution is 2.42. The van der Waals surface area contributed by atoms with Gasteiger partial charge in [-0.1, -0.05) is 41.6 Å². The van der Waals surface area contributed by atoms with Gasteiger partial charge in [0.05, 0.1) is 17.7 Å². The predicted octanol–water partition coefficient (Wildman–Crippen LogP) is 5.40. The number of carbonyl (C=O) groups is 2. The fourth-order valence-electron chi connectivity index (χ4n) is 4.90. The van der Waals surface area contributed by atoms with Crippen LogP contribution in [0.4, 0.5) is 11.4 Å². The number of carbonyl (C=O) groups excluding carboxylic acids is 2. The molecule has 7 nitrogen and oxygen atoms in total. The van der Waals surface area contributed by atoms with E-state index in [0.29, 0.717) is 17.0 Å². The van der Waals surface area contributed by atoms with Gasteiger partial charge in [-0.15, -0.1) is 0 Å². The van der Waals surface area contributed by atoms with Crippen LogP contribution >= 0.6 is 23.4 Å². The van der Waals surface area contributed by atoms with Crippen LogP contribution in [0, 0.1) is 0 Å². The molecule has 2 aliphatic rings. The van der Waals surface area contributed by atoms with E-state index in [0.717, 1.165) is 66.1 Å². The third-order valence-corrected chi connectivity index (χ3v) is 8.53. The smallest absolute Gasteiger partial charge is 0.264 e. The van der Waals surface area contributed by atoms with E-state index in [-0.39, 0.29) is 11.8 Å². The average Bonchev–Trinajstić information content (AvgIpc) is 2.98. The van der Waals surface area contributed by atoms with E-state index in [1.165, 1.54) is 17.4 Å². The third kappa shape index (κ3) is 6.63. The molecule has 2 amide bonds. The van der Waals surface area contributed by atoms with Gasteiger partial charge in [0.25, 0.3) is 11.8 Å². The second kappa shape index (κ2) is 12.8. The van der Waals surface area contributed by atoms with Crippen molar-refractivity contribution in [3.8, 4) is 5.75 Å². The monoisotopic (exact) mass is 576 g/mol. The summed E-state index contributed by atoms with van der Waals surface area (Å²) in [6.45, 7) is 5.43. The lowest BCUT2D eigenvalue weighted by molar-refractivity contribution is -0.114. The minimum absolute atomic E-state index is 0.0960. The standard InChI is InChI=1S/C31H33ClN4O3S/c1-34-27-20-23(9-12-28(27)40-29(31(34)38)19-22-7-10-26(39-2)11-8-22)30(37)33-13-4-14-35-15-17-36(18-16-35)25-6-3-5-24(32)21-25/h3,5-12,19-21H,4,13-18H2,1-2H3,(H,33,37). The lowest BCUT2D eigenvalue weighted by atomic mass is 10.1. The topological polar surface area (TPSA) is 65.1 Å². The fraction of sp³-hybridized carbons (Fsp3) is 0.290. The van der Waals surface area contributed by atoms with Gasteiger partial charge in [-0.25, -0.2) is 0 Å². The average molecular weight is 577 g/mol. The Bertz CT molecular complexity index is 1400. The van der Waals surface area contributed by atoms with Crippen LogP contribution < -0.4 is 19.9 Å². The first-order valence-corrected chi connectivity index (χ1v) is 14.6. The van der Waals surface area contributed by atoms with Gasteiger partial charge in [0.15, 0.2) is 0 Å². The molecule has 0 spiro atoms. The third-order valence-electron chi connectivity index (χ3n) is 7.21. The van der Waals surface area contributed by atoms with E-state index in [4.69, 9.17) is 16.3 Å². The number of hydrogen-bond donors (Lipinski definition) is 1. The summed E-state index contributed by atoms with van der Waals surface area (Å²) in [6.07, 6.45) is 2.76. The summed E-state index contributed by atoms with van der Waals surface area (Å²) in [7, 11) is 3.37. The van der Waals surface area contributed by atoms with Crippen LogP contribution in [0.15, 0.2) is 76.5 Å². The number of benzene rings is 3. The highest BCUT2D eigenvalue weighted by atomic mass is 35.5. The molecule has 0 unspecified atom stereocenters. The van der Waals surface area contributed by atoms with Crippen molar-refractivity contribution >= 4 is 52.6 Å². The van der Waals surface area contributed by atoms with Gasteiger partial charge >= 0.3 is 0 Å². The maximum atomic E-state index is 13.1. The van der Waals surface area contributed by atoms with Crippen molar-refractivity contribution in [3.05, 3.63) is 87.8 Å². The number of halogens is 1. The van der Waals surface area contributed by atoms with Crippen molar-refractivity contribution in [2.45, 2.75) is 11.3 Å². The molecule has 9 heteroatoms. The van der Waals surface area contributed by atoms with Crippen LogP contribution in [0.5, 0.6) is 5.75 Å². The van der Waals surface area contributed by atoms with Crippen molar-refractivity contribution in [2.24, 2.45) is 0 Å². The Hall–Kier alpha value is -3.46. The Balaban J connectivity index is 1.11. The van der Waals surface area contributed by atoms with Crippen molar-refractivity contribution in [2.75, 3.05) is 63.2 Å². The SMILES string of the molecule is COc1ccc(C=C2Sc3ccc(C(=O)NCCCN4CCN(c5cccc(Cl)c5)CC4)cc3N(C)C2=O)cc1. The molecule has 2 aliphatic heterocycles. The first-order chi connectivity index (χ1) is 19.4. The largest absolute Gasteiger partial charge is 0.497 e. The number of nitrogens with zero attached hydrogens (tertiary/aromatic N) is 3. The highest BCUT2D eigenvalue weighted by Gasteiger charge is 2.27. The van der Waals surface area contributed by atoms with Crippen molar-refractivity contribution in [1.29, 1.82) is 0 Å². The van der Waals surface area contributed by atoms with Crippen LogP contribution in [0.25, 0.3) is 6.08 Å². The normalized spacial score (nSPS) is 16.7. The number of ether oxygens (including phenoxy) is 1. The molecule has 2 heterocycles. The Morgan fingerprint density at radius 1 is 1.05 bits per heavy atom. The summed E-state index contributed by atoms with van der Waals surface area (Å²) in [5.74, 6) is 0.547. The Kier molecular flexibility index (Phi) is 8.99. The van der Waals surface area contributed by atoms with E-state index in [2.05, 4.69) is 21.2 Å². The van der Waals surface area contributed by atoms with E-state index < -0.39 is 0 Å². The van der Waals surface area contributed by atoms with E-state index in [9.17, 15) is 9.59 Å². The number of fused-ring (bicyclic) bond motifs is 1. The van der Waals surface area contributed by atoms with Crippen molar-refractivity contribution < 1.29 is 14.3 Å². The Labute approximate surface area is 244 Å². The molecular weight excluding hydrogens is 544 g/mol. The van der Waals surface area contributed by atoms with Crippen molar-refractivity contribution in [3.63, 3.8) is 0 Å². The van der Waals surface area contributed by atoms with Gasteiger partial charge in [-0.3, -0.25) is 14.5 Å².